The number of amides is 1. The van der Waals surface area contributed by atoms with Crippen LogP contribution >= 0.6 is 11.6 Å². The van der Waals surface area contributed by atoms with E-state index in [0.29, 0.717) is 47.7 Å². The van der Waals surface area contributed by atoms with E-state index in [1.165, 1.54) is 0 Å². The van der Waals surface area contributed by atoms with E-state index < -0.39 is 0 Å². The van der Waals surface area contributed by atoms with Crippen LogP contribution in [0.2, 0.25) is 5.02 Å². The molecule has 0 N–H and O–H groups in total. The number of halogens is 1. The van der Waals surface area contributed by atoms with Crippen molar-refractivity contribution < 1.29 is 19.0 Å². The molecule has 1 aliphatic rings. The van der Waals surface area contributed by atoms with Crippen molar-refractivity contribution in [3.8, 4) is 23.1 Å². The first-order chi connectivity index (χ1) is 18.5. The molecular formula is C30H30ClN3O4. The zero-order chi connectivity index (χ0) is 26.5. The Hall–Kier alpha value is -3.81. The Morgan fingerprint density at radius 1 is 1.08 bits per heavy atom. The summed E-state index contributed by atoms with van der Waals surface area (Å²) < 4.78 is 19.5. The van der Waals surface area contributed by atoms with E-state index in [1.807, 2.05) is 66.4 Å². The highest BCUT2D eigenvalue weighted by molar-refractivity contribution is 6.30. The van der Waals surface area contributed by atoms with E-state index in [-0.39, 0.29) is 12.0 Å². The standard InChI is InChI=1S/C30H30ClN3O4/c1-21-28(20-33(19-27-12-7-17-37-27)29(35)22-13-15-23(31)16-14-22)30(34(32-21)24-8-4-3-5-9-24)38-26-11-6-10-25(18-26)36-2/h3-6,8-11,13-16,18,27H,7,12,17,19-20H2,1-2H3. The van der Waals surface area contributed by atoms with Gasteiger partial charge in [0.2, 0.25) is 5.88 Å². The molecular weight excluding hydrogens is 502 g/mol. The number of ether oxygens (including phenoxy) is 3. The second kappa shape index (κ2) is 11.7. The number of methoxy groups -OCH3 is 1. The summed E-state index contributed by atoms with van der Waals surface area (Å²) in [6, 6.07) is 24.2. The minimum Gasteiger partial charge on any atom is -0.497 e. The minimum atomic E-state index is -0.101. The normalized spacial score (nSPS) is 14.9. The summed E-state index contributed by atoms with van der Waals surface area (Å²) in [5.74, 6) is 1.74. The first kappa shape index (κ1) is 25.8. The van der Waals surface area contributed by atoms with Crippen LogP contribution in [0.5, 0.6) is 17.4 Å². The number of rotatable bonds is 9. The fourth-order valence-corrected chi connectivity index (χ4v) is 4.69. The largest absolute Gasteiger partial charge is 0.497 e. The fourth-order valence-electron chi connectivity index (χ4n) is 4.57. The van der Waals surface area contributed by atoms with Crippen molar-refractivity contribution in [1.29, 1.82) is 0 Å². The predicted octanol–water partition coefficient (Wildman–Crippen LogP) is 6.46. The maximum Gasteiger partial charge on any atom is 0.254 e. The Kier molecular flexibility index (Phi) is 7.96. The van der Waals surface area contributed by atoms with Crippen LogP contribution in [0.3, 0.4) is 0 Å². The van der Waals surface area contributed by atoms with Gasteiger partial charge in [0.15, 0.2) is 0 Å². The van der Waals surface area contributed by atoms with E-state index in [1.54, 1.807) is 36.1 Å². The molecule has 1 aromatic heterocycles. The van der Waals surface area contributed by atoms with Crippen molar-refractivity contribution in [2.45, 2.75) is 32.4 Å². The zero-order valence-corrected chi connectivity index (χ0v) is 22.2. The molecule has 0 bridgehead atoms. The van der Waals surface area contributed by atoms with E-state index in [4.69, 9.17) is 30.9 Å². The molecule has 1 amide bonds. The molecule has 1 fully saturated rings. The second-order valence-electron chi connectivity index (χ2n) is 9.23. The molecule has 0 radical (unpaired) electrons. The lowest BCUT2D eigenvalue weighted by Gasteiger charge is -2.26. The summed E-state index contributed by atoms with van der Waals surface area (Å²) in [5, 5.41) is 5.41. The quantitative estimate of drug-likeness (QED) is 0.248. The SMILES string of the molecule is COc1cccc(Oc2c(CN(CC3CCCO3)C(=O)c3ccc(Cl)cc3)c(C)nn2-c2ccccc2)c1. The summed E-state index contributed by atoms with van der Waals surface area (Å²) in [4.78, 5) is 15.5. The molecule has 3 aromatic carbocycles. The lowest BCUT2D eigenvalue weighted by atomic mass is 10.1. The molecule has 0 aliphatic carbocycles. The molecule has 2 heterocycles. The Morgan fingerprint density at radius 3 is 2.55 bits per heavy atom. The summed E-state index contributed by atoms with van der Waals surface area (Å²) in [7, 11) is 1.62. The molecule has 38 heavy (non-hydrogen) atoms. The van der Waals surface area contributed by atoms with Gasteiger partial charge in [-0.3, -0.25) is 4.79 Å². The van der Waals surface area contributed by atoms with Crippen molar-refractivity contribution in [2.75, 3.05) is 20.3 Å². The number of benzene rings is 3. The monoisotopic (exact) mass is 531 g/mol. The highest BCUT2D eigenvalue weighted by atomic mass is 35.5. The number of aryl methyl sites for hydroxylation is 1. The van der Waals surface area contributed by atoms with Gasteiger partial charge in [0, 0.05) is 29.8 Å². The molecule has 1 unspecified atom stereocenters. The molecule has 5 rings (SSSR count). The molecule has 1 atom stereocenters. The topological polar surface area (TPSA) is 65.8 Å². The third-order valence-corrected chi connectivity index (χ3v) is 6.82. The summed E-state index contributed by atoms with van der Waals surface area (Å²) >= 11 is 6.08. The first-order valence-corrected chi connectivity index (χ1v) is 13.0. The van der Waals surface area contributed by atoms with Crippen molar-refractivity contribution in [1.82, 2.24) is 14.7 Å². The van der Waals surface area contributed by atoms with Crippen LogP contribution in [0.25, 0.3) is 5.69 Å². The molecule has 196 valence electrons. The van der Waals surface area contributed by atoms with Gasteiger partial charge in [-0.1, -0.05) is 35.9 Å². The highest BCUT2D eigenvalue weighted by Gasteiger charge is 2.28. The van der Waals surface area contributed by atoms with Gasteiger partial charge in [-0.05, 0) is 68.3 Å². The summed E-state index contributed by atoms with van der Waals surface area (Å²) in [5.41, 5.74) is 3.01. The molecule has 8 heteroatoms. The van der Waals surface area contributed by atoms with E-state index >= 15 is 0 Å². The lowest BCUT2D eigenvalue weighted by molar-refractivity contribution is 0.0505. The maximum atomic E-state index is 13.7. The average Bonchev–Trinajstić information content (AvgIpc) is 3.57. The van der Waals surface area contributed by atoms with E-state index in [9.17, 15) is 4.79 Å². The van der Waals surface area contributed by atoms with Crippen molar-refractivity contribution >= 4 is 17.5 Å². The number of para-hydroxylation sites is 1. The van der Waals surface area contributed by atoms with Crippen LogP contribution in [0.4, 0.5) is 0 Å². The second-order valence-corrected chi connectivity index (χ2v) is 9.66. The lowest BCUT2D eigenvalue weighted by Crippen LogP contribution is -2.37. The fraction of sp³-hybridized carbons (Fsp3) is 0.267. The van der Waals surface area contributed by atoms with E-state index in [0.717, 1.165) is 29.8 Å². The first-order valence-electron chi connectivity index (χ1n) is 12.6. The van der Waals surface area contributed by atoms with Crippen LogP contribution < -0.4 is 9.47 Å². The van der Waals surface area contributed by atoms with Gasteiger partial charge in [-0.2, -0.15) is 5.10 Å². The van der Waals surface area contributed by atoms with Crippen LogP contribution in [-0.2, 0) is 11.3 Å². The van der Waals surface area contributed by atoms with Crippen LogP contribution in [0.1, 0.15) is 34.5 Å². The average molecular weight is 532 g/mol. The maximum absolute atomic E-state index is 13.7. The molecule has 1 saturated heterocycles. The molecule has 0 saturated carbocycles. The number of hydrogen-bond acceptors (Lipinski definition) is 5. The minimum absolute atomic E-state index is 0.0153. The molecule has 0 spiro atoms. The zero-order valence-electron chi connectivity index (χ0n) is 21.5. The molecule has 7 nitrogen and oxygen atoms in total. The smallest absolute Gasteiger partial charge is 0.254 e. The van der Waals surface area contributed by atoms with Crippen LogP contribution in [0, 0.1) is 6.92 Å². The van der Waals surface area contributed by atoms with Crippen molar-refractivity contribution in [3.05, 3.63) is 101 Å². The number of carbonyl (C=O) groups excluding carboxylic acids is 1. The van der Waals surface area contributed by atoms with Crippen LogP contribution in [-0.4, -0.2) is 47.0 Å². The molecule has 1 aliphatic heterocycles. The highest BCUT2D eigenvalue weighted by Crippen LogP contribution is 2.33. The van der Waals surface area contributed by atoms with Crippen LogP contribution in [0.15, 0.2) is 78.9 Å². The third kappa shape index (κ3) is 5.85. The Bertz CT molecular complexity index is 1380. The van der Waals surface area contributed by atoms with E-state index in [2.05, 4.69) is 0 Å². The third-order valence-electron chi connectivity index (χ3n) is 6.57. The van der Waals surface area contributed by atoms with Crippen molar-refractivity contribution in [2.24, 2.45) is 0 Å². The van der Waals surface area contributed by atoms with Gasteiger partial charge in [-0.25, -0.2) is 4.68 Å². The Balaban J connectivity index is 1.54. The van der Waals surface area contributed by atoms with Gasteiger partial charge in [0.1, 0.15) is 11.5 Å². The van der Waals surface area contributed by atoms with Gasteiger partial charge in [0.25, 0.3) is 5.91 Å². The summed E-state index contributed by atoms with van der Waals surface area (Å²) in [6.07, 6.45) is 1.89. The Labute approximate surface area is 227 Å². The van der Waals surface area contributed by atoms with Gasteiger partial charge in [0.05, 0.1) is 36.7 Å². The Morgan fingerprint density at radius 2 is 1.84 bits per heavy atom. The molecule has 4 aromatic rings. The number of hydrogen-bond donors (Lipinski definition) is 0. The predicted molar refractivity (Wildman–Crippen MR) is 147 cm³/mol. The van der Waals surface area contributed by atoms with Gasteiger partial charge >= 0.3 is 0 Å². The van der Waals surface area contributed by atoms with Gasteiger partial charge < -0.3 is 19.1 Å². The number of aromatic nitrogens is 2. The number of nitrogens with zero attached hydrogens (tertiary/aromatic N) is 3. The van der Waals surface area contributed by atoms with Crippen molar-refractivity contribution in [3.63, 3.8) is 0 Å². The summed E-state index contributed by atoms with van der Waals surface area (Å²) in [6.45, 7) is 3.42. The number of carbonyl (C=O) groups is 1. The van der Waals surface area contributed by atoms with Gasteiger partial charge in [-0.15, -0.1) is 0 Å².